The summed E-state index contributed by atoms with van der Waals surface area (Å²) in [6.07, 6.45) is 0. The molecule has 1 heterocycles. The summed E-state index contributed by atoms with van der Waals surface area (Å²) in [4.78, 5) is 2.40. The second-order valence-corrected chi connectivity index (χ2v) is 4.28. The predicted molar refractivity (Wildman–Crippen MR) is 73.5 cm³/mol. The first kappa shape index (κ1) is 14.6. The highest BCUT2D eigenvalue weighted by Crippen LogP contribution is 2.22. The minimum absolute atomic E-state index is 0. The summed E-state index contributed by atoms with van der Waals surface area (Å²) >= 11 is 6.00. The molecular formula is C12H18Cl2N2O. The van der Waals surface area contributed by atoms with Gasteiger partial charge in [0.1, 0.15) is 12.4 Å². The summed E-state index contributed by atoms with van der Waals surface area (Å²) in [7, 11) is 0. The van der Waals surface area contributed by atoms with Crippen LogP contribution in [-0.4, -0.2) is 44.2 Å². The lowest BCUT2D eigenvalue weighted by molar-refractivity contribution is 0.191. The second kappa shape index (κ2) is 7.77. The largest absolute Gasteiger partial charge is 0.491 e. The molecule has 0 unspecified atom stereocenters. The molecular weight excluding hydrogens is 259 g/mol. The fraction of sp³-hybridized carbons (Fsp3) is 0.500. The van der Waals surface area contributed by atoms with E-state index in [0.717, 1.165) is 38.5 Å². The molecule has 1 aromatic rings. The number of hydrogen-bond donors (Lipinski definition) is 1. The van der Waals surface area contributed by atoms with Crippen molar-refractivity contribution in [3.8, 4) is 5.75 Å². The van der Waals surface area contributed by atoms with Crippen LogP contribution in [0.3, 0.4) is 0 Å². The lowest BCUT2D eigenvalue weighted by Crippen LogP contribution is -2.44. The highest BCUT2D eigenvalue weighted by molar-refractivity contribution is 6.32. The maximum atomic E-state index is 6.00. The highest BCUT2D eigenvalue weighted by atomic mass is 35.5. The van der Waals surface area contributed by atoms with E-state index >= 15 is 0 Å². The van der Waals surface area contributed by atoms with Crippen LogP contribution in [-0.2, 0) is 0 Å². The van der Waals surface area contributed by atoms with Crippen molar-refractivity contribution in [3.05, 3.63) is 29.3 Å². The molecule has 96 valence electrons. The Labute approximate surface area is 113 Å². The van der Waals surface area contributed by atoms with Crippen LogP contribution in [0.15, 0.2) is 24.3 Å². The minimum Gasteiger partial charge on any atom is -0.491 e. The zero-order valence-corrected chi connectivity index (χ0v) is 11.3. The van der Waals surface area contributed by atoms with Gasteiger partial charge in [-0.2, -0.15) is 0 Å². The molecule has 17 heavy (non-hydrogen) atoms. The van der Waals surface area contributed by atoms with E-state index in [2.05, 4.69) is 10.2 Å². The van der Waals surface area contributed by atoms with E-state index in [4.69, 9.17) is 16.3 Å². The van der Waals surface area contributed by atoms with Gasteiger partial charge in [-0.15, -0.1) is 12.4 Å². The molecule has 0 aromatic heterocycles. The quantitative estimate of drug-likeness (QED) is 0.911. The van der Waals surface area contributed by atoms with Gasteiger partial charge >= 0.3 is 0 Å². The molecule has 1 aliphatic rings. The molecule has 0 saturated carbocycles. The van der Waals surface area contributed by atoms with E-state index in [1.165, 1.54) is 0 Å². The number of ether oxygens (including phenoxy) is 1. The van der Waals surface area contributed by atoms with Crippen LogP contribution in [0.4, 0.5) is 0 Å². The summed E-state index contributed by atoms with van der Waals surface area (Å²) in [5.74, 6) is 0.777. The standard InChI is InChI=1S/C12H17ClN2O.ClH/c13-11-3-1-2-4-12(11)16-10-9-15-7-5-14-6-8-15;/h1-4,14H,5-10H2;1H. The molecule has 1 aromatic carbocycles. The van der Waals surface area contributed by atoms with Crippen LogP contribution in [0.1, 0.15) is 0 Å². The van der Waals surface area contributed by atoms with Gasteiger partial charge in [0.05, 0.1) is 5.02 Å². The smallest absolute Gasteiger partial charge is 0.137 e. The second-order valence-electron chi connectivity index (χ2n) is 3.87. The summed E-state index contributed by atoms with van der Waals surface area (Å²) in [5.41, 5.74) is 0. The number of nitrogens with zero attached hydrogens (tertiary/aromatic N) is 1. The molecule has 0 atom stereocenters. The average Bonchev–Trinajstić information content (AvgIpc) is 2.33. The van der Waals surface area contributed by atoms with Crippen LogP contribution in [0, 0.1) is 0 Å². The van der Waals surface area contributed by atoms with Crippen molar-refractivity contribution in [1.29, 1.82) is 0 Å². The van der Waals surface area contributed by atoms with Crippen molar-refractivity contribution in [2.45, 2.75) is 0 Å². The van der Waals surface area contributed by atoms with Crippen LogP contribution in [0.2, 0.25) is 5.02 Å². The van der Waals surface area contributed by atoms with E-state index in [9.17, 15) is 0 Å². The van der Waals surface area contributed by atoms with Crippen LogP contribution < -0.4 is 10.1 Å². The van der Waals surface area contributed by atoms with Gasteiger partial charge in [0.2, 0.25) is 0 Å². The van der Waals surface area contributed by atoms with Gasteiger partial charge in [-0.3, -0.25) is 4.90 Å². The Morgan fingerprint density at radius 3 is 2.65 bits per heavy atom. The number of hydrogen-bond acceptors (Lipinski definition) is 3. The van der Waals surface area contributed by atoms with Crippen molar-refractivity contribution in [3.63, 3.8) is 0 Å². The lowest BCUT2D eigenvalue weighted by Gasteiger charge is -2.26. The molecule has 1 aliphatic heterocycles. The van der Waals surface area contributed by atoms with E-state index in [0.29, 0.717) is 11.6 Å². The van der Waals surface area contributed by atoms with Crippen LogP contribution in [0.5, 0.6) is 5.75 Å². The number of para-hydroxylation sites is 1. The maximum Gasteiger partial charge on any atom is 0.137 e. The molecule has 1 saturated heterocycles. The Morgan fingerprint density at radius 1 is 1.24 bits per heavy atom. The fourth-order valence-electron chi connectivity index (χ4n) is 1.78. The first-order valence-corrected chi connectivity index (χ1v) is 6.04. The average molecular weight is 277 g/mol. The van der Waals surface area contributed by atoms with Gasteiger partial charge in [-0.25, -0.2) is 0 Å². The normalized spacial score (nSPS) is 16.3. The Morgan fingerprint density at radius 2 is 1.94 bits per heavy atom. The third kappa shape index (κ3) is 4.72. The van der Waals surface area contributed by atoms with E-state index in [-0.39, 0.29) is 12.4 Å². The molecule has 0 aliphatic carbocycles. The van der Waals surface area contributed by atoms with E-state index < -0.39 is 0 Å². The van der Waals surface area contributed by atoms with Gasteiger partial charge in [0, 0.05) is 32.7 Å². The van der Waals surface area contributed by atoms with Gasteiger partial charge in [0.15, 0.2) is 0 Å². The van der Waals surface area contributed by atoms with Crippen molar-refractivity contribution in [2.24, 2.45) is 0 Å². The highest BCUT2D eigenvalue weighted by Gasteiger charge is 2.09. The molecule has 0 radical (unpaired) electrons. The molecule has 0 amide bonds. The lowest BCUT2D eigenvalue weighted by atomic mass is 10.3. The molecule has 1 fully saturated rings. The zero-order chi connectivity index (χ0) is 11.2. The topological polar surface area (TPSA) is 24.5 Å². The maximum absolute atomic E-state index is 6.00. The number of halogens is 2. The summed E-state index contributed by atoms with van der Waals surface area (Å²) in [6.45, 7) is 6.02. The third-order valence-electron chi connectivity index (χ3n) is 2.71. The Hall–Kier alpha value is -0.480. The Balaban J connectivity index is 0.00000144. The number of nitrogens with one attached hydrogen (secondary N) is 1. The monoisotopic (exact) mass is 276 g/mol. The van der Waals surface area contributed by atoms with Crippen molar-refractivity contribution < 1.29 is 4.74 Å². The van der Waals surface area contributed by atoms with E-state index in [1.54, 1.807) is 0 Å². The van der Waals surface area contributed by atoms with Crippen molar-refractivity contribution in [2.75, 3.05) is 39.3 Å². The fourth-order valence-corrected chi connectivity index (χ4v) is 1.97. The summed E-state index contributed by atoms with van der Waals surface area (Å²) in [5, 5.41) is 4.01. The molecule has 0 bridgehead atoms. The predicted octanol–water partition coefficient (Wildman–Crippen LogP) is 2.05. The third-order valence-corrected chi connectivity index (χ3v) is 3.02. The SMILES string of the molecule is Cl.Clc1ccccc1OCCN1CCNCC1. The number of rotatable bonds is 4. The number of benzene rings is 1. The Kier molecular flexibility index (Phi) is 6.66. The van der Waals surface area contributed by atoms with Crippen LogP contribution >= 0.6 is 24.0 Å². The molecule has 5 heteroatoms. The minimum atomic E-state index is 0. The van der Waals surface area contributed by atoms with Crippen LogP contribution in [0.25, 0.3) is 0 Å². The molecule has 3 nitrogen and oxygen atoms in total. The molecule has 1 N–H and O–H groups in total. The first-order chi connectivity index (χ1) is 7.86. The van der Waals surface area contributed by atoms with Gasteiger partial charge in [0.25, 0.3) is 0 Å². The summed E-state index contributed by atoms with van der Waals surface area (Å²) < 4.78 is 5.65. The molecule has 0 spiro atoms. The first-order valence-electron chi connectivity index (χ1n) is 5.66. The van der Waals surface area contributed by atoms with Crippen molar-refractivity contribution >= 4 is 24.0 Å². The van der Waals surface area contributed by atoms with Gasteiger partial charge < -0.3 is 10.1 Å². The Bertz CT molecular complexity index is 330. The van der Waals surface area contributed by atoms with Gasteiger partial charge in [-0.1, -0.05) is 23.7 Å². The van der Waals surface area contributed by atoms with Gasteiger partial charge in [-0.05, 0) is 12.1 Å². The van der Waals surface area contributed by atoms with Crippen molar-refractivity contribution in [1.82, 2.24) is 10.2 Å². The summed E-state index contributed by atoms with van der Waals surface area (Å²) in [6, 6.07) is 7.60. The van der Waals surface area contributed by atoms with E-state index in [1.807, 2.05) is 24.3 Å². The molecule has 2 rings (SSSR count). The number of piperazine rings is 1. The zero-order valence-electron chi connectivity index (χ0n) is 9.69.